The Bertz CT molecular complexity index is 705. The molecule has 25 heavy (non-hydrogen) atoms. The Balaban J connectivity index is 1.57. The van der Waals surface area contributed by atoms with Crippen molar-refractivity contribution in [2.24, 2.45) is 0 Å². The molecule has 2 fully saturated rings. The smallest absolute Gasteiger partial charge is 0.251 e. The van der Waals surface area contributed by atoms with E-state index in [0.717, 1.165) is 12.8 Å². The van der Waals surface area contributed by atoms with Gasteiger partial charge in [-0.3, -0.25) is 4.79 Å². The van der Waals surface area contributed by atoms with E-state index in [-0.39, 0.29) is 10.8 Å². The van der Waals surface area contributed by atoms with Crippen LogP contribution >= 0.6 is 0 Å². The molecule has 3 rings (SSSR count). The fraction of sp³-hybridized carbons (Fsp3) is 0.588. The molecule has 0 unspecified atom stereocenters. The lowest BCUT2D eigenvalue weighted by Gasteiger charge is -2.22. The zero-order chi connectivity index (χ0) is 17.9. The van der Waals surface area contributed by atoms with Crippen LogP contribution in [0.5, 0.6) is 0 Å². The molecule has 0 bridgehead atoms. The lowest BCUT2D eigenvalue weighted by molar-refractivity contribution is -0.145. The SMILES string of the molecule is CC1(CCNC(=O)c2ccc(S(=O)(=O)N3CCCC3)cc2)OCCO1. The van der Waals surface area contributed by atoms with Gasteiger partial charge in [-0.05, 0) is 44.0 Å². The number of nitrogens with one attached hydrogen (secondary N) is 1. The van der Waals surface area contributed by atoms with Gasteiger partial charge in [0.1, 0.15) is 0 Å². The van der Waals surface area contributed by atoms with Crippen LogP contribution in [0.25, 0.3) is 0 Å². The third kappa shape index (κ3) is 4.20. The molecule has 0 aliphatic carbocycles. The summed E-state index contributed by atoms with van der Waals surface area (Å²) in [5, 5.41) is 2.81. The first kappa shape index (κ1) is 18.3. The topological polar surface area (TPSA) is 84.9 Å². The van der Waals surface area contributed by atoms with Crippen LogP contribution in [0, 0.1) is 0 Å². The molecule has 138 valence electrons. The third-order valence-electron chi connectivity index (χ3n) is 4.58. The van der Waals surface area contributed by atoms with E-state index in [0.29, 0.717) is 44.8 Å². The average Bonchev–Trinajstić information content (AvgIpc) is 3.27. The Morgan fingerprint density at radius 3 is 2.36 bits per heavy atom. The molecule has 2 saturated heterocycles. The number of carbonyl (C=O) groups is 1. The van der Waals surface area contributed by atoms with Gasteiger partial charge in [0.05, 0.1) is 18.1 Å². The Hall–Kier alpha value is -1.48. The van der Waals surface area contributed by atoms with Crippen LogP contribution in [0.4, 0.5) is 0 Å². The molecule has 1 N–H and O–H groups in total. The van der Waals surface area contributed by atoms with Crippen LogP contribution in [-0.4, -0.2) is 57.3 Å². The largest absolute Gasteiger partial charge is 0.352 e. The predicted octanol–water partition coefficient (Wildman–Crippen LogP) is 1.35. The summed E-state index contributed by atoms with van der Waals surface area (Å²) in [5.41, 5.74) is 0.429. The van der Waals surface area contributed by atoms with E-state index in [1.807, 2.05) is 6.92 Å². The molecule has 0 radical (unpaired) electrons. The monoisotopic (exact) mass is 368 g/mol. The third-order valence-corrected chi connectivity index (χ3v) is 6.49. The van der Waals surface area contributed by atoms with Crippen molar-refractivity contribution in [3.8, 4) is 0 Å². The number of nitrogens with zero attached hydrogens (tertiary/aromatic N) is 1. The number of ether oxygens (including phenoxy) is 2. The van der Waals surface area contributed by atoms with Crippen LogP contribution in [0.3, 0.4) is 0 Å². The maximum atomic E-state index is 12.5. The van der Waals surface area contributed by atoms with Gasteiger partial charge < -0.3 is 14.8 Å². The van der Waals surface area contributed by atoms with Crippen LogP contribution in [0.15, 0.2) is 29.2 Å². The van der Waals surface area contributed by atoms with Gasteiger partial charge in [0.25, 0.3) is 5.91 Å². The number of benzene rings is 1. The number of hydrogen-bond donors (Lipinski definition) is 1. The van der Waals surface area contributed by atoms with Gasteiger partial charge in [0.2, 0.25) is 10.0 Å². The molecule has 7 nitrogen and oxygen atoms in total. The molecule has 0 saturated carbocycles. The number of rotatable bonds is 6. The molecule has 0 spiro atoms. The molecule has 8 heteroatoms. The molecule has 1 aromatic carbocycles. The second-order valence-electron chi connectivity index (χ2n) is 6.47. The molecular formula is C17H24N2O5S. The predicted molar refractivity (Wildman–Crippen MR) is 91.7 cm³/mol. The summed E-state index contributed by atoms with van der Waals surface area (Å²) < 4.78 is 37.4. The van der Waals surface area contributed by atoms with Crippen LogP contribution < -0.4 is 5.32 Å². The van der Waals surface area contributed by atoms with Crippen LogP contribution in [0.2, 0.25) is 0 Å². The minimum atomic E-state index is -3.45. The van der Waals surface area contributed by atoms with Crippen molar-refractivity contribution in [3.05, 3.63) is 29.8 Å². The highest BCUT2D eigenvalue weighted by molar-refractivity contribution is 7.89. The van der Waals surface area contributed by atoms with E-state index < -0.39 is 15.8 Å². The molecule has 2 aliphatic heterocycles. The molecule has 0 aromatic heterocycles. The van der Waals surface area contributed by atoms with Crippen molar-refractivity contribution in [3.63, 3.8) is 0 Å². The van der Waals surface area contributed by atoms with E-state index in [1.165, 1.54) is 16.4 Å². The zero-order valence-electron chi connectivity index (χ0n) is 14.4. The van der Waals surface area contributed by atoms with Gasteiger partial charge in [-0.25, -0.2) is 8.42 Å². The molecule has 2 aliphatic rings. The van der Waals surface area contributed by atoms with Crippen LogP contribution in [0.1, 0.15) is 36.5 Å². The Morgan fingerprint density at radius 2 is 1.76 bits per heavy atom. The second-order valence-corrected chi connectivity index (χ2v) is 8.41. The Kier molecular flexibility index (Phi) is 5.43. The van der Waals surface area contributed by atoms with Gasteiger partial charge in [-0.2, -0.15) is 4.31 Å². The van der Waals surface area contributed by atoms with Crippen molar-refractivity contribution in [1.82, 2.24) is 9.62 Å². The fourth-order valence-corrected chi connectivity index (χ4v) is 4.58. The van der Waals surface area contributed by atoms with E-state index in [9.17, 15) is 13.2 Å². The minimum Gasteiger partial charge on any atom is -0.352 e. The van der Waals surface area contributed by atoms with Crippen molar-refractivity contribution in [2.75, 3.05) is 32.8 Å². The van der Waals surface area contributed by atoms with E-state index in [4.69, 9.17) is 9.47 Å². The highest BCUT2D eigenvalue weighted by atomic mass is 32.2. The van der Waals surface area contributed by atoms with Gasteiger partial charge in [0.15, 0.2) is 5.79 Å². The lowest BCUT2D eigenvalue weighted by atomic mass is 10.2. The summed E-state index contributed by atoms with van der Waals surface area (Å²) in [4.78, 5) is 12.4. The number of hydrogen-bond acceptors (Lipinski definition) is 5. The first-order valence-corrected chi connectivity index (χ1v) is 10.0. The molecule has 2 heterocycles. The molecule has 1 aromatic rings. The quantitative estimate of drug-likeness (QED) is 0.819. The van der Waals surface area contributed by atoms with Crippen molar-refractivity contribution < 1.29 is 22.7 Å². The normalized spacial score (nSPS) is 20.7. The first-order valence-electron chi connectivity index (χ1n) is 8.57. The summed E-state index contributed by atoms with van der Waals surface area (Å²) in [7, 11) is -3.45. The second kappa shape index (κ2) is 7.41. The van der Waals surface area contributed by atoms with Crippen molar-refractivity contribution in [2.45, 2.75) is 36.9 Å². The van der Waals surface area contributed by atoms with Crippen LogP contribution in [-0.2, 0) is 19.5 Å². The Labute approximate surface area is 148 Å². The Morgan fingerprint density at radius 1 is 1.16 bits per heavy atom. The van der Waals surface area contributed by atoms with Crippen molar-refractivity contribution in [1.29, 1.82) is 0 Å². The summed E-state index contributed by atoms with van der Waals surface area (Å²) in [5.74, 6) is -0.882. The van der Waals surface area contributed by atoms with E-state index in [1.54, 1.807) is 12.1 Å². The number of carbonyl (C=O) groups excluding carboxylic acids is 1. The fourth-order valence-electron chi connectivity index (χ4n) is 3.06. The van der Waals surface area contributed by atoms with Gasteiger partial charge >= 0.3 is 0 Å². The van der Waals surface area contributed by atoms with Gasteiger partial charge in [-0.1, -0.05) is 0 Å². The lowest BCUT2D eigenvalue weighted by Crippen LogP contribution is -2.33. The summed E-state index contributed by atoms with van der Waals surface area (Å²) in [6, 6.07) is 6.07. The average molecular weight is 368 g/mol. The standard InChI is InChI=1S/C17H24N2O5S/c1-17(23-12-13-24-17)8-9-18-16(20)14-4-6-15(7-5-14)25(21,22)19-10-2-3-11-19/h4-7H,2-3,8-13H2,1H3,(H,18,20). The summed E-state index contributed by atoms with van der Waals surface area (Å²) in [6.45, 7) is 4.53. The molecule has 0 atom stereocenters. The van der Waals surface area contributed by atoms with Gasteiger partial charge in [0, 0.05) is 31.6 Å². The molecular weight excluding hydrogens is 344 g/mol. The molecule has 1 amide bonds. The summed E-state index contributed by atoms with van der Waals surface area (Å²) in [6.07, 6.45) is 2.35. The minimum absolute atomic E-state index is 0.228. The number of amides is 1. The van der Waals surface area contributed by atoms with Gasteiger partial charge in [-0.15, -0.1) is 0 Å². The maximum absolute atomic E-state index is 12.5. The van der Waals surface area contributed by atoms with E-state index in [2.05, 4.69) is 5.32 Å². The summed E-state index contributed by atoms with van der Waals surface area (Å²) >= 11 is 0. The zero-order valence-corrected chi connectivity index (χ0v) is 15.2. The highest BCUT2D eigenvalue weighted by Crippen LogP contribution is 2.22. The first-order chi connectivity index (χ1) is 11.9. The number of sulfonamides is 1. The highest BCUT2D eigenvalue weighted by Gasteiger charge is 2.30. The van der Waals surface area contributed by atoms with Crippen molar-refractivity contribution >= 4 is 15.9 Å². The van der Waals surface area contributed by atoms with E-state index >= 15 is 0 Å². The maximum Gasteiger partial charge on any atom is 0.251 e.